The summed E-state index contributed by atoms with van der Waals surface area (Å²) in [6, 6.07) is 21.2. The highest BCUT2D eigenvalue weighted by Gasteiger charge is 2.46. The van der Waals surface area contributed by atoms with Gasteiger partial charge in [0.25, 0.3) is 11.7 Å². The number of aliphatic hydroxyl groups excluding tert-OH is 1. The Hall–Kier alpha value is -4.30. The van der Waals surface area contributed by atoms with Crippen LogP contribution in [0.5, 0.6) is 17.2 Å². The summed E-state index contributed by atoms with van der Waals surface area (Å²) >= 11 is 0. The van der Waals surface area contributed by atoms with E-state index in [1.807, 2.05) is 55.4 Å². The highest BCUT2D eigenvalue weighted by molar-refractivity contribution is 6.46. The maximum absolute atomic E-state index is 13.4. The van der Waals surface area contributed by atoms with Crippen LogP contribution in [0.25, 0.3) is 5.76 Å². The van der Waals surface area contributed by atoms with Crippen molar-refractivity contribution in [3.05, 3.63) is 95.1 Å². The Labute approximate surface area is 241 Å². The Kier molecular flexibility index (Phi) is 10.0. The molecular weight excluding hydrogens is 520 g/mol. The first-order valence-electron chi connectivity index (χ1n) is 13.8. The van der Waals surface area contributed by atoms with E-state index in [0.717, 1.165) is 18.4 Å². The molecule has 1 saturated heterocycles. The van der Waals surface area contributed by atoms with Crippen molar-refractivity contribution < 1.29 is 28.9 Å². The van der Waals surface area contributed by atoms with E-state index in [0.29, 0.717) is 54.7 Å². The number of rotatable bonds is 13. The fourth-order valence-electron chi connectivity index (χ4n) is 4.67. The number of aliphatic hydroxyl groups is 1. The predicted molar refractivity (Wildman–Crippen MR) is 158 cm³/mol. The lowest BCUT2D eigenvalue weighted by atomic mass is 9.95. The van der Waals surface area contributed by atoms with E-state index in [-0.39, 0.29) is 11.3 Å². The van der Waals surface area contributed by atoms with E-state index in [4.69, 9.17) is 14.2 Å². The Morgan fingerprint density at radius 3 is 2.34 bits per heavy atom. The van der Waals surface area contributed by atoms with Gasteiger partial charge in [0.05, 0.1) is 25.3 Å². The van der Waals surface area contributed by atoms with Crippen molar-refractivity contribution in [2.75, 3.05) is 40.9 Å². The smallest absolute Gasteiger partial charge is 0.295 e. The highest BCUT2D eigenvalue weighted by Crippen LogP contribution is 2.42. The van der Waals surface area contributed by atoms with Crippen molar-refractivity contribution in [2.45, 2.75) is 32.4 Å². The van der Waals surface area contributed by atoms with Crippen molar-refractivity contribution in [3.63, 3.8) is 0 Å². The molecule has 8 nitrogen and oxygen atoms in total. The van der Waals surface area contributed by atoms with Crippen LogP contribution in [0.4, 0.5) is 0 Å². The molecule has 1 amide bonds. The summed E-state index contributed by atoms with van der Waals surface area (Å²) in [7, 11) is 5.35. The zero-order valence-electron chi connectivity index (χ0n) is 24.1. The number of likely N-dealkylation sites (N-methyl/N-ethyl adjacent to an activating group) is 1. The van der Waals surface area contributed by atoms with E-state index in [1.54, 1.807) is 43.5 Å². The van der Waals surface area contributed by atoms with Gasteiger partial charge >= 0.3 is 0 Å². The SMILES string of the molecule is CCCCOc1ccc(C2C(=C(O)c3ccc(OCc4ccccc4)cc3)C(=O)C(=O)N2CCN(C)C)cc1OC. The second-order valence-electron chi connectivity index (χ2n) is 10.2. The summed E-state index contributed by atoms with van der Waals surface area (Å²) in [6.45, 7) is 3.90. The number of ether oxygens (including phenoxy) is 3. The first-order chi connectivity index (χ1) is 19.8. The third-order valence-corrected chi connectivity index (χ3v) is 6.96. The number of carbonyl (C=O) groups is 2. The number of nitrogens with zero attached hydrogens (tertiary/aromatic N) is 2. The number of methoxy groups -OCH3 is 1. The number of hydrogen-bond donors (Lipinski definition) is 1. The number of ketones is 1. The minimum absolute atomic E-state index is 0.0356. The number of amides is 1. The molecule has 0 aliphatic carbocycles. The van der Waals surface area contributed by atoms with Crippen molar-refractivity contribution in [1.29, 1.82) is 0 Å². The maximum Gasteiger partial charge on any atom is 0.295 e. The lowest BCUT2D eigenvalue weighted by Crippen LogP contribution is -2.35. The summed E-state index contributed by atoms with van der Waals surface area (Å²) in [4.78, 5) is 30.1. The summed E-state index contributed by atoms with van der Waals surface area (Å²) in [5, 5.41) is 11.4. The first-order valence-corrected chi connectivity index (χ1v) is 13.8. The van der Waals surface area contributed by atoms with Crippen LogP contribution in [0.1, 0.15) is 42.5 Å². The van der Waals surface area contributed by atoms with Gasteiger partial charge in [-0.1, -0.05) is 49.7 Å². The third-order valence-electron chi connectivity index (χ3n) is 6.96. The molecule has 1 N–H and O–H groups in total. The van der Waals surface area contributed by atoms with E-state index >= 15 is 0 Å². The number of carbonyl (C=O) groups excluding carboxylic acids is 2. The van der Waals surface area contributed by atoms with Crippen molar-refractivity contribution in [3.8, 4) is 17.2 Å². The average molecular weight is 559 g/mol. The minimum Gasteiger partial charge on any atom is -0.507 e. The second-order valence-corrected chi connectivity index (χ2v) is 10.2. The molecule has 1 atom stereocenters. The largest absolute Gasteiger partial charge is 0.507 e. The molecule has 0 aromatic heterocycles. The van der Waals surface area contributed by atoms with Crippen LogP contribution in [0.2, 0.25) is 0 Å². The van der Waals surface area contributed by atoms with Gasteiger partial charge in [0, 0.05) is 18.7 Å². The molecule has 4 rings (SSSR count). The summed E-state index contributed by atoms with van der Waals surface area (Å²) in [5.74, 6) is 0.0912. The second kappa shape index (κ2) is 13.9. The van der Waals surface area contributed by atoms with E-state index < -0.39 is 17.7 Å². The number of benzene rings is 3. The zero-order valence-corrected chi connectivity index (χ0v) is 24.1. The quantitative estimate of drug-likeness (QED) is 0.129. The number of hydrogen-bond acceptors (Lipinski definition) is 7. The normalized spacial score (nSPS) is 16.3. The molecule has 216 valence electrons. The van der Waals surface area contributed by atoms with Crippen molar-refractivity contribution >= 4 is 17.4 Å². The Bertz CT molecular complexity index is 1370. The van der Waals surface area contributed by atoms with Gasteiger partial charge in [0.2, 0.25) is 0 Å². The van der Waals surface area contributed by atoms with Gasteiger partial charge in [-0.05, 0) is 68.0 Å². The average Bonchev–Trinajstić information content (AvgIpc) is 3.24. The van der Waals surface area contributed by atoms with Crippen LogP contribution in [0, 0.1) is 0 Å². The summed E-state index contributed by atoms with van der Waals surface area (Å²) in [6.07, 6.45) is 1.91. The van der Waals surface area contributed by atoms with Gasteiger partial charge in [-0.2, -0.15) is 0 Å². The molecule has 1 unspecified atom stereocenters. The number of Topliss-reactive ketones (excluding diaryl/α,β-unsaturated/α-hetero) is 1. The van der Waals surface area contributed by atoms with Crippen LogP contribution in [0.15, 0.2) is 78.4 Å². The van der Waals surface area contributed by atoms with E-state index in [1.165, 1.54) is 4.90 Å². The Morgan fingerprint density at radius 1 is 0.951 bits per heavy atom. The lowest BCUT2D eigenvalue weighted by Gasteiger charge is -2.27. The standard InChI is InChI=1S/C33H38N2O6/c1-5-6-20-40-27-17-14-25(21-28(27)39-4)30-29(32(37)33(38)35(30)19-18-34(2)3)31(36)24-12-15-26(16-13-24)41-22-23-10-8-7-9-11-23/h7-17,21,30,36H,5-6,18-20,22H2,1-4H3. The molecule has 0 spiro atoms. The van der Waals surface area contributed by atoms with Crippen molar-refractivity contribution in [1.82, 2.24) is 9.80 Å². The topological polar surface area (TPSA) is 88.5 Å². The fourth-order valence-corrected chi connectivity index (χ4v) is 4.67. The molecule has 1 heterocycles. The van der Waals surface area contributed by atoms with Crippen LogP contribution in [-0.4, -0.2) is 67.5 Å². The van der Waals surface area contributed by atoms with Gasteiger partial charge in [-0.25, -0.2) is 0 Å². The molecule has 3 aromatic rings. The molecule has 1 fully saturated rings. The minimum atomic E-state index is -0.789. The number of likely N-dealkylation sites (tertiary alicyclic amines) is 1. The molecule has 0 radical (unpaired) electrons. The lowest BCUT2D eigenvalue weighted by molar-refractivity contribution is -0.140. The van der Waals surface area contributed by atoms with Crippen molar-refractivity contribution in [2.24, 2.45) is 0 Å². The Morgan fingerprint density at radius 2 is 1.68 bits per heavy atom. The monoisotopic (exact) mass is 558 g/mol. The predicted octanol–water partition coefficient (Wildman–Crippen LogP) is 5.44. The van der Waals surface area contributed by atoms with Crippen LogP contribution < -0.4 is 14.2 Å². The molecule has 1 aliphatic rings. The van der Waals surface area contributed by atoms with Gasteiger partial charge < -0.3 is 29.1 Å². The summed E-state index contributed by atoms with van der Waals surface area (Å²) in [5.41, 5.74) is 2.13. The van der Waals surface area contributed by atoms with Crippen LogP contribution >= 0.6 is 0 Å². The molecule has 41 heavy (non-hydrogen) atoms. The van der Waals surface area contributed by atoms with Gasteiger partial charge in [0.15, 0.2) is 11.5 Å². The highest BCUT2D eigenvalue weighted by atomic mass is 16.5. The number of unbranched alkanes of at least 4 members (excludes halogenated alkanes) is 1. The fraction of sp³-hybridized carbons (Fsp3) is 0.333. The molecule has 1 aliphatic heterocycles. The zero-order chi connectivity index (χ0) is 29.4. The molecule has 0 saturated carbocycles. The van der Waals surface area contributed by atoms with Gasteiger partial charge in [-0.15, -0.1) is 0 Å². The molecule has 3 aromatic carbocycles. The Balaban J connectivity index is 1.68. The first kappa shape index (κ1) is 29.7. The summed E-state index contributed by atoms with van der Waals surface area (Å²) < 4.78 is 17.3. The van der Waals surface area contributed by atoms with Gasteiger partial charge in [0.1, 0.15) is 18.1 Å². The van der Waals surface area contributed by atoms with E-state index in [2.05, 4.69) is 6.92 Å². The molecular formula is C33H38N2O6. The molecule has 0 bridgehead atoms. The van der Waals surface area contributed by atoms with Crippen LogP contribution in [-0.2, 0) is 16.2 Å². The van der Waals surface area contributed by atoms with Gasteiger partial charge in [-0.3, -0.25) is 9.59 Å². The molecule has 8 heteroatoms. The maximum atomic E-state index is 13.4. The third kappa shape index (κ3) is 7.08. The van der Waals surface area contributed by atoms with E-state index in [9.17, 15) is 14.7 Å². The van der Waals surface area contributed by atoms with Crippen LogP contribution in [0.3, 0.4) is 0 Å².